The number of halogens is 1. The highest BCUT2D eigenvalue weighted by Gasteiger charge is 2.35. The van der Waals surface area contributed by atoms with Crippen LogP contribution >= 0.6 is 11.6 Å². The number of nitrogens with one attached hydrogen (secondary N) is 1. The first-order valence-electron chi connectivity index (χ1n) is 9.55. The van der Waals surface area contributed by atoms with Crippen LogP contribution in [-0.4, -0.2) is 45.9 Å². The molecule has 1 atom stereocenters. The van der Waals surface area contributed by atoms with Crippen molar-refractivity contribution < 1.29 is 22.7 Å². The van der Waals surface area contributed by atoms with Crippen molar-refractivity contribution in [3.63, 3.8) is 0 Å². The Balaban J connectivity index is 1.77. The first-order valence-corrected chi connectivity index (χ1v) is 11.4. The Bertz CT molecular complexity index is 1040. The Kier molecular flexibility index (Phi) is 6.90. The van der Waals surface area contributed by atoms with E-state index < -0.39 is 15.9 Å². The second-order valence-electron chi connectivity index (χ2n) is 7.20. The van der Waals surface area contributed by atoms with E-state index in [1.54, 1.807) is 36.4 Å². The summed E-state index contributed by atoms with van der Waals surface area (Å²) in [7, 11) is -0.837. The van der Waals surface area contributed by atoms with Crippen LogP contribution in [-0.2, 0) is 14.8 Å². The third-order valence-electron chi connectivity index (χ3n) is 5.11. The number of ether oxygens (including phenoxy) is 2. The highest BCUT2D eigenvalue weighted by Crippen LogP contribution is 2.31. The second-order valence-corrected chi connectivity index (χ2v) is 9.51. The minimum Gasteiger partial charge on any atom is -0.495 e. The summed E-state index contributed by atoms with van der Waals surface area (Å²) in [5.74, 6) is 0.0919. The number of rotatable bonds is 6. The van der Waals surface area contributed by atoms with Crippen LogP contribution < -0.4 is 14.8 Å². The van der Waals surface area contributed by atoms with E-state index in [0.29, 0.717) is 41.6 Å². The average molecular weight is 453 g/mol. The predicted molar refractivity (Wildman–Crippen MR) is 116 cm³/mol. The van der Waals surface area contributed by atoms with Gasteiger partial charge in [-0.25, -0.2) is 8.42 Å². The number of piperidine rings is 1. The van der Waals surface area contributed by atoms with E-state index in [4.69, 9.17) is 21.1 Å². The monoisotopic (exact) mass is 452 g/mol. The van der Waals surface area contributed by atoms with E-state index >= 15 is 0 Å². The second kappa shape index (κ2) is 9.24. The molecule has 162 valence electrons. The van der Waals surface area contributed by atoms with Gasteiger partial charge in [0.05, 0.1) is 25.2 Å². The largest absolute Gasteiger partial charge is 0.495 e. The number of sulfonamides is 1. The van der Waals surface area contributed by atoms with Crippen molar-refractivity contribution in [3.8, 4) is 11.5 Å². The highest BCUT2D eigenvalue weighted by atomic mass is 35.5. The van der Waals surface area contributed by atoms with E-state index in [-0.39, 0.29) is 17.3 Å². The molecule has 1 amide bonds. The maximum Gasteiger partial charge on any atom is 0.246 e. The Hall–Kier alpha value is -2.29. The molecule has 3 rings (SSSR count). The molecule has 7 nitrogen and oxygen atoms in total. The van der Waals surface area contributed by atoms with Crippen LogP contribution in [0, 0.1) is 12.8 Å². The summed E-state index contributed by atoms with van der Waals surface area (Å²) in [6.45, 7) is 2.29. The van der Waals surface area contributed by atoms with Crippen molar-refractivity contribution in [1.29, 1.82) is 0 Å². The summed E-state index contributed by atoms with van der Waals surface area (Å²) in [6.07, 6.45) is 1.20. The fourth-order valence-corrected chi connectivity index (χ4v) is 5.51. The lowest BCUT2D eigenvalue weighted by atomic mass is 9.98. The minimum absolute atomic E-state index is 0.106. The van der Waals surface area contributed by atoms with E-state index in [1.165, 1.54) is 18.5 Å². The molecule has 0 aromatic heterocycles. The van der Waals surface area contributed by atoms with Crippen molar-refractivity contribution in [1.82, 2.24) is 4.31 Å². The lowest BCUT2D eigenvalue weighted by Crippen LogP contribution is -2.43. The van der Waals surface area contributed by atoms with Gasteiger partial charge in [0.2, 0.25) is 15.9 Å². The molecule has 1 fully saturated rings. The molecule has 2 aromatic carbocycles. The summed E-state index contributed by atoms with van der Waals surface area (Å²) in [5, 5.41) is 3.21. The fraction of sp³-hybridized carbons (Fsp3) is 0.381. The third kappa shape index (κ3) is 4.71. The van der Waals surface area contributed by atoms with Crippen LogP contribution in [0.25, 0.3) is 0 Å². The van der Waals surface area contributed by atoms with Crippen molar-refractivity contribution in [2.45, 2.75) is 24.7 Å². The maximum atomic E-state index is 13.2. The van der Waals surface area contributed by atoms with Gasteiger partial charge in [-0.3, -0.25) is 4.79 Å². The molecular formula is C21H25ClN2O5S. The SMILES string of the molecule is COc1ccc(NC(=O)[C@H]2CCCN(S(=O)(=O)c3cc(C)ccc3OC)C2)cc1Cl. The van der Waals surface area contributed by atoms with Gasteiger partial charge < -0.3 is 14.8 Å². The number of methoxy groups -OCH3 is 2. The van der Waals surface area contributed by atoms with Crippen LogP contribution in [0.15, 0.2) is 41.3 Å². The molecule has 0 bridgehead atoms. The van der Waals surface area contributed by atoms with Gasteiger partial charge >= 0.3 is 0 Å². The number of anilines is 1. The average Bonchev–Trinajstić information content (AvgIpc) is 2.74. The molecule has 0 radical (unpaired) electrons. The summed E-state index contributed by atoms with van der Waals surface area (Å²) < 4.78 is 38.2. The van der Waals surface area contributed by atoms with Crippen molar-refractivity contribution in [2.24, 2.45) is 5.92 Å². The van der Waals surface area contributed by atoms with E-state index in [2.05, 4.69) is 5.32 Å². The Labute approximate surface area is 182 Å². The van der Waals surface area contributed by atoms with E-state index in [1.807, 2.05) is 6.92 Å². The number of hydrogen-bond acceptors (Lipinski definition) is 5. The zero-order valence-corrected chi connectivity index (χ0v) is 18.7. The van der Waals surface area contributed by atoms with Crippen molar-refractivity contribution >= 4 is 33.2 Å². The number of carbonyl (C=O) groups excluding carboxylic acids is 1. The summed E-state index contributed by atoms with van der Waals surface area (Å²) in [6, 6.07) is 10.00. The molecule has 1 aliphatic rings. The molecule has 2 aromatic rings. The van der Waals surface area contributed by atoms with Crippen LogP contribution in [0.5, 0.6) is 11.5 Å². The van der Waals surface area contributed by atoms with Gasteiger partial charge in [0.15, 0.2) is 0 Å². The topological polar surface area (TPSA) is 84.9 Å². The molecule has 0 saturated carbocycles. The molecule has 9 heteroatoms. The molecular weight excluding hydrogens is 428 g/mol. The predicted octanol–water partition coefficient (Wildman–Crippen LogP) is 3.71. The molecule has 1 saturated heterocycles. The number of nitrogens with zero attached hydrogens (tertiary/aromatic N) is 1. The molecule has 1 N–H and O–H groups in total. The van der Waals surface area contributed by atoms with Crippen LogP contribution in [0.1, 0.15) is 18.4 Å². The van der Waals surface area contributed by atoms with E-state index in [9.17, 15) is 13.2 Å². The van der Waals surface area contributed by atoms with E-state index in [0.717, 1.165) is 5.56 Å². The molecule has 30 heavy (non-hydrogen) atoms. The molecule has 0 unspecified atom stereocenters. The normalized spacial score (nSPS) is 17.4. The van der Waals surface area contributed by atoms with Gasteiger partial charge in [0.1, 0.15) is 16.4 Å². The maximum absolute atomic E-state index is 13.2. The fourth-order valence-electron chi connectivity index (χ4n) is 3.49. The van der Waals surface area contributed by atoms with Gasteiger partial charge in [0, 0.05) is 18.8 Å². The van der Waals surface area contributed by atoms with Gasteiger partial charge in [-0.15, -0.1) is 0 Å². The van der Waals surface area contributed by atoms with Crippen LogP contribution in [0.4, 0.5) is 5.69 Å². The first kappa shape index (κ1) is 22.4. The standard InChI is InChI=1S/C21H25ClN2O5S/c1-14-6-8-19(29-3)20(11-14)30(26,27)24-10-4-5-15(13-24)21(25)23-16-7-9-18(28-2)17(22)12-16/h6-9,11-12,15H,4-5,10,13H2,1-3H3,(H,23,25)/t15-/m0/s1. The molecule has 1 aliphatic heterocycles. The lowest BCUT2D eigenvalue weighted by molar-refractivity contribution is -0.120. The van der Waals surface area contributed by atoms with Gasteiger partial charge in [0.25, 0.3) is 0 Å². The van der Waals surface area contributed by atoms with Crippen molar-refractivity contribution in [2.75, 3.05) is 32.6 Å². The van der Waals surface area contributed by atoms with Crippen LogP contribution in [0.3, 0.4) is 0 Å². The number of hydrogen-bond donors (Lipinski definition) is 1. The first-order chi connectivity index (χ1) is 14.3. The van der Waals surface area contributed by atoms with Gasteiger partial charge in [-0.2, -0.15) is 4.31 Å². The van der Waals surface area contributed by atoms with Crippen LogP contribution in [0.2, 0.25) is 5.02 Å². The number of amides is 1. The Morgan fingerprint density at radius 3 is 2.50 bits per heavy atom. The minimum atomic E-state index is -3.79. The highest BCUT2D eigenvalue weighted by molar-refractivity contribution is 7.89. The zero-order valence-electron chi connectivity index (χ0n) is 17.1. The third-order valence-corrected chi connectivity index (χ3v) is 7.29. The summed E-state index contributed by atoms with van der Waals surface area (Å²) in [4.78, 5) is 12.9. The lowest BCUT2D eigenvalue weighted by Gasteiger charge is -2.31. The van der Waals surface area contributed by atoms with Gasteiger partial charge in [-0.1, -0.05) is 17.7 Å². The molecule has 1 heterocycles. The Morgan fingerprint density at radius 2 is 1.83 bits per heavy atom. The number of aryl methyl sites for hydroxylation is 1. The quantitative estimate of drug-likeness (QED) is 0.722. The number of carbonyl (C=O) groups is 1. The Morgan fingerprint density at radius 1 is 1.13 bits per heavy atom. The number of benzene rings is 2. The van der Waals surface area contributed by atoms with Gasteiger partial charge in [-0.05, 0) is 55.7 Å². The molecule has 0 aliphatic carbocycles. The zero-order chi connectivity index (χ0) is 21.9. The smallest absolute Gasteiger partial charge is 0.246 e. The summed E-state index contributed by atoms with van der Waals surface area (Å²) >= 11 is 6.12. The van der Waals surface area contributed by atoms with Crippen molar-refractivity contribution in [3.05, 3.63) is 47.0 Å². The molecule has 0 spiro atoms. The summed E-state index contributed by atoms with van der Waals surface area (Å²) in [5.41, 5.74) is 1.35.